The zero-order valence-electron chi connectivity index (χ0n) is 12.8. The fourth-order valence-electron chi connectivity index (χ4n) is 1.64. The first kappa shape index (κ1) is 19.3. The number of ether oxygens (including phenoxy) is 1. The normalized spacial score (nSPS) is 10.6. The molecular formula is C14H16Cl2N4O2S2. The standard InChI is InChI=1S/C14H16Cl2N4O2S2/c1-22-5-4-17-13-19-20-14(24-13)23-8-12(21)18-7-9-2-3-10(15)6-11(9)16/h2-3,6H,4-5,7-8H2,1H3,(H,17,19)(H,18,21). The van der Waals surface area contributed by atoms with Gasteiger partial charge in [-0.1, -0.05) is 52.4 Å². The molecule has 0 atom stereocenters. The van der Waals surface area contributed by atoms with E-state index in [1.165, 1.54) is 23.1 Å². The van der Waals surface area contributed by atoms with E-state index in [4.69, 9.17) is 27.9 Å². The second-order valence-electron chi connectivity index (χ2n) is 4.59. The lowest BCUT2D eigenvalue weighted by Gasteiger charge is -2.06. The zero-order chi connectivity index (χ0) is 17.4. The van der Waals surface area contributed by atoms with Crippen LogP contribution < -0.4 is 10.6 Å². The fraction of sp³-hybridized carbons (Fsp3) is 0.357. The number of amides is 1. The van der Waals surface area contributed by atoms with Crippen molar-refractivity contribution in [1.29, 1.82) is 0 Å². The smallest absolute Gasteiger partial charge is 0.230 e. The third kappa shape index (κ3) is 6.45. The molecule has 0 radical (unpaired) electrons. The summed E-state index contributed by atoms with van der Waals surface area (Å²) in [5.74, 6) is 0.160. The monoisotopic (exact) mass is 406 g/mol. The largest absolute Gasteiger partial charge is 0.383 e. The molecule has 0 saturated heterocycles. The Kier molecular flexibility index (Phi) is 8.07. The molecular weight excluding hydrogens is 391 g/mol. The van der Waals surface area contributed by atoms with Crippen molar-refractivity contribution in [2.24, 2.45) is 0 Å². The summed E-state index contributed by atoms with van der Waals surface area (Å²) in [5, 5.41) is 15.7. The average molecular weight is 407 g/mol. The first-order chi connectivity index (χ1) is 11.6. The lowest BCUT2D eigenvalue weighted by molar-refractivity contribution is -0.118. The van der Waals surface area contributed by atoms with Crippen LogP contribution in [0.5, 0.6) is 0 Å². The van der Waals surface area contributed by atoms with Gasteiger partial charge in [0.25, 0.3) is 0 Å². The van der Waals surface area contributed by atoms with Crippen LogP contribution in [0.25, 0.3) is 0 Å². The van der Waals surface area contributed by atoms with Crippen molar-refractivity contribution in [3.8, 4) is 0 Å². The number of rotatable bonds is 9. The molecule has 0 unspecified atom stereocenters. The van der Waals surface area contributed by atoms with Crippen LogP contribution in [0.4, 0.5) is 5.13 Å². The minimum Gasteiger partial charge on any atom is -0.383 e. The highest BCUT2D eigenvalue weighted by Gasteiger charge is 2.09. The van der Waals surface area contributed by atoms with Gasteiger partial charge >= 0.3 is 0 Å². The van der Waals surface area contributed by atoms with Crippen molar-refractivity contribution in [2.75, 3.05) is 31.3 Å². The van der Waals surface area contributed by atoms with E-state index in [2.05, 4.69) is 20.8 Å². The topological polar surface area (TPSA) is 76.1 Å². The van der Waals surface area contributed by atoms with Crippen molar-refractivity contribution in [1.82, 2.24) is 15.5 Å². The molecule has 0 aliphatic heterocycles. The van der Waals surface area contributed by atoms with Gasteiger partial charge in [-0.2, -0.15) is 0 Å². The van der Waals surface area contributed by atoms with Crippen LogP contribution >= 0.6 is 46.3 Å². The van der Waals surface area contributed by atoms with E-state index in [9.17, 15) is 4.79 Å². The molecule has 0 aliphatic carbocycles. The molecule has 24 heavy (non-hydrogen) atoms. The Balaban J connectivity index is 1.73. The maximum absolute atomic E-state index is 11.9. The molecule has 10 heteroatoms. The minimum atomic E-state index is -0.102. The van der Waals surface area contributed by atoms with Crippen molar-refractivity contribution < 1.29 is 9.53 Å². The van der Waals surface area contributed by atoms with Gasteiger partial charge in [-0.05, 0) is 17.7 Å². The number of aromatic nitrogens is 2. The number of halogens is 2. The van der Waals surface area contributed by atoms with Crippen LogP contribution in [0.15, 0.2) is 22.5 Å². The Morgan fingerprint density at radius 1 is 1.38 bits per heavy atom. The fourth-order valence-corrected chi connectivity index (χ4v) is 3.72. The molecule has 1 aromatic heterocycles. The Morgan fingerprint density at radius 2 is 2.21 bits per heavy atom. The van der Waals surface area contributed by atoms with Crippen molar-refractivity contribution in [2.45, 2.75) is 10.9 Å². The van der Waals surface area contributed by atoms with Gasteiger partial charge in [0, 0.05) is 30.2 Å². The molecule has 130 valence electrons. The summed E-state index contributed by atoms with van der Waals surface area (Å²) >= 11 is 14.6. The minimum absolute atomic E-state index is 0.102. The summed E-state index contributed by atoms with van der Waals surface area (Å²) in [6.45, 7) is 1.62. The van der Waals surface area contributed by atoms with E-state index in [1.807, 2.05) is 0 Å². The quantitative estimate of drug-likeness (QED) is 0.491. The van der Waals surface area contributed by atoms with Gasteiger partial charge in [0.1, 0.15) is 0 Å². The lowest BCUT2D eigenvalue weighted by Crippen LogP contribution is -2.24. The predicted molar refractivity (Wildman–Crippen MR) is 99.3 cm³/mol. The molecule has 2 rings (SSSR count). The Labute approximate surface area is 158 Å². The Bertz CT molecular complexity index is 685. The number of hydrogen-bond donors (Lipinski definition) is 2. The third-order valence-corrected chi connectivity index (χ3v) is 5.41. The van der Waals surface area contributed by atoms with Gasteiger partial charge in [0.15, 0.2) is 4.34 Å². The van der Waals surface area contributed by atoms with Crippen LogP contribution in [0.2, 0.25) is 10.0 Å². The number of nitrogens with zero attached hydrogens (tertiary/aromatic N) is 2. The molecule has 0 bridgehead atoms. The second kappa shape index (κ2) is 10.0. The van der Waals surface area contributed by atoms with Gasteiger partial charge in [-0.3, -0.25) is 4.79 Å². The van der Waals surface area contributed by atoms with Crippen LogP contribution in [-0.2, 0) is 16.1 Å². The SMILES string of the molecule is COCCNc1nnc(SCC(=O)NCc2ccc(Cl)cc2Cl)s1. The summed E-state index contributed by atoms with van der Waals surface area (Å²) in [7, 11) is 1.64. The highest BCUT2D eigenvalue weighted by atomic mass is 35.5. The maximum Gasteiger partial charge on any atom is 0.230 e. The summed E-state index contributed by atoms with van der Waals surface area (Å²) < 4.78 is 5.68. The predicted octanol–water partition coefficient (Wildman–Crippen LogP) is 3.31. The summed E-state index contributed by atoms with van der Waals surface area (Å²) in [4.78, 5) is 11.9. The molecule has 0 saturated carbocycles. The molecule has 2 aromatic rings. The number of nitrogens with one attached hydrogen (secondary N) is 2. The highest BCUT2D eigenvalue weighted by Crippen LogP contribution is 2.25. The highest BCUT2D eigenvalue weighted by molar-refractivity contribution is 8.01. The molecule has 1 amide bonds. The number of carbonyl (C=O) groups is 1. The van der Waals surface area contributed by atoms with Crippen LogP contribution in [0.3, 0.4) is 0 Å². The van der Waals surface area contributed by atoms with Gasteiger partial charge in [0.05, 0.1) is 12.4 Å². The van der Waals surface area contributed by atoms with Crippen molar-refractivity contribution >= 4 is 57.3 Å². The molecule has 1 aromatic carbocycles. The van der Waals surface area contributed by atoms with E-state index < -0.39 is 0 Å². The lowest BCUT2D eigenvalue weighted by atomic mass is 10.2. The molecule has 6 nitrogen and oxygen atoms in total. The number of hydrogen-bond acceptors (Lipinski definition) is 7. The number of carbonyl (C=O) groups excluding carboxylic acids is 1. The van der Waals surface area contributed by atoms with Crippen LogP contribution in [0, 0.1) is 0 Å². The van der Waals surface area contributed by atoms with E-state index in [0.29, 0.717) is 34.9 Å². The Hall–Kier alpha value is -1.06. The molecule has 2 N–H and O–H groups in total. The van der Waals surface area contributed by atoms with E-state index in [-0.39, 0.29) is 11.7 Å². The van der Waals surface area contributed by atoms with Crippen LogP contribution in [0.1, 0.15) is 5.56 Å². The van der Waals surface area contributed by atoms with Crippen molar-refractivity contribution in [3.63, 3.8) is 0 Å². The number of benzene rings is 1. The van der Waals surface area contributed by atoms with E-state index >= 15 is 0 Å². The number of methoxy groups -OCH3 is 1. The third-order valence-electron chi connectivity index (χ3n) is 2.81. The number of thioether (sulfide) groups is 1. The summed E-state index contributed by atoms with van der Waals surface area (Å²) in [5.41, 5.74) is 0.819. The average Bonchev–Trinajstić information content (AvgIpc) is 3.00. The van der Waals surface area contributed by atoms with Gasteiger partial charge in [-0.15, -0.1) is 10.2 Å². The van der Waals surface area contributed by atoms with Crippen molar-refractivity contribution in [3.05, 3.63) is 33.8 Å². The Morgan fingerprint density at radius 3 is 2.96 bits per heavy atom. The van der Waals surface area contributed by atoms with Crippen LogP contribution in [-0.4, -0.2) is 42.1 Å². The first-order valence-corrected chi connectivity index (χ1v) is 9.54. The number of anilines is 1. The maximum atomic E-state index is 11.9. The summed E-state index contributed by atoms with van der Waals surface area (Å²) in [6, 6.07) is 5.18. The molecule has 1 heterocycles. The van der Waals surface area contributed by atoms with Gasteiger partial charge in [0.2, 0.25) is 11.0 Å². The first-order valence-electron chi connectivity index (χ1n) is 6.98. The van der Waals surface area contributed by atoms with Gasteiger partial charge in [-0.25, -0.2) is 0 Å². The molecule has 0 spiro atoms. The molecule has 0 aliphatic rings. The summed E-state index contributed by atoms with van der Waals surface area (Å²) in [6.07, 6.45) is 0. The van der Waals surface area contributed by atoms with E-state index in [0.717, 1.165) is 9.90 Å². The zero-order valence-corrected chi connectivity index (χ0v) is 16.0. The van der Waals surface area contributed by atoms with Gasteiger partial charge < -0.3 is 15.4 Å². The van der Waals surface area contributed by atoms with E-state index in [1.54, 1.807) is 25.3 Å². The molecule has 0 fully saturated rings. The second-order valence-corrected chi connectivity index (χ2v) is 7.64.